The fraction of sp³-hybridized carbons (Fsp3) is 0.273. The molecule has 1 aromatic rings. The zero-order chi connectivity index (χ0) is 26.6. The topological polar surface area (TPSA) is 153 Å². The van der Waals surface area contributed by atoms with E-state index in [1.807, 2.05) is 12.1 Å². The van der Waals surface area contributed by atoms with E-state index >= 15 is 0 Å². The summed E-state index contributed by atoms with van der Waals surface area (Å²) in [6.07, 6.45) is 0. The lowest BCUT2D eigenvalue weighted by Gasteiger charge is -2.15. The van der Waals surface area contributed by atoms with Gasteiger partial charge in [0.15, 0.2) is 17.1 Å². The van der Waals surface area contributed by atoms with Crippen LogP contribution in [0.3, 0.4) is 0 Å². The number of allylic oxidation sites excluding steroid dienone is 1. The summed E-state index contributed by atoms with van der Waals surface area (Å²) in [6.45, 7) is 5.62. The molecule has 2 heterocycles. The number of esters is 4. The molecule has 0 aromatic heterocycles. The van der Waals surface area contributed by atoms with Crippen LogP contribution in [0.2, 0.25) is 0 Å². The molecule has 0 aliphatic carbocycles. The molecule has 0 atom stereocenters. The van der Waals surface area contributed by atoms with Gasteiger partial charge < -0.3 is 18.9 Å². The Morgan fingerprint density at radius 1 is 0.694 bits per heavy atom. The number of ether oxygens (including phenoxy) is 4. The molecule has 2 aliphatic heterocycles. The second-order valence-corrected chi connectivity index (χ2v) is 11.2. The first-order chi connectivity index (χ1) is 17.2. The number of nitrogens with zero attached hydrogens (tertiary/aromatic N) is 2. The number of carbonyl (C=O) groups excluding carboxylic acids is 4. The van der Waals surface area contributed by atoms with Crippen LogP contribution in [0.25, 0.3) is 0 Å². The van der Waals surface area contributed by atoms with Gasteiger partial charge in [-0.2, -0.15) is 10.5 Å². The molecule has 0 radical (unpaired) electrons. The van der Waals surface area contributed by atoms with Crippen molar-refractivity contribution in [2.24, 2.45) is 0 Å². The quantitative estimate of drug-likeness (QED) is 0.119. The van der Waals surface area contributed by atoms with Gasteiger partial charge in [-0.05, 0) is 13.8 Å². The third-order valence-electron chi connectivity index (χ3n) is 4.10. The van der Waals surface area contributed by atoms with Crippen LogP contribution >= 0.6 is 47.0 Å². The second-order valence-electron chi connectivity index (χ2n) is 6.56. The van der Waals surface area contributed by atoms with Crippen molar-refractivity contribution in [2.45, 2.75) is 47.3 Å². The molecule has 0 amide bonds. The number of nitriles is 2. The minimum atomic E-state index is -0.893. The number of hydrogen-bond acceptors (Lipinski definition) is 14. The van der Waals surface area contributed by atoms with Crippen LogP contribution in [-0.4, -0.2) is 37.1 Å². The Kier molecular flexibility index (Phi) is 9.03. The molecule has 186 valence electrons. The summed E-state index contributed by atoms with van der Waals surface area (Å²) in [5.74, 6) is -2.91. The zero-order valence-corrected chi connectivity index (χ0v) is 22.5. The van der Waals surface area contributed by atoms with Gasteiger partial charge in [-0.3, -0.25) is 9.59 Å². The smallest absolute Gasteiger partial charge is 0.347 e. The van der Waals surface area contributed by atoms with Crippen LogP contribution < -0.4 is 9.47 Å². The summed E-state index contributed by atoms with van der Waals surface area (Å²) in [6, 6.07) is 3.64. The number of fused-ring (bicyclic) bond motifs is 2. The van der Waals surface area contributed by atoms with Crippen LogP contribution in [0.5, 0.6) is 11.5 Å². The average Bonchev–Trinajstić information content (AvgIpc) is 3.42. The third-order valence-corrected chi connectivity index (χ3v) is 9.29. The molecule has 0 fully saturated rings. The molecule has 0 bridgehead atoms. The first kappa shape index (κ1) is 27.5. The number of carbonyl (C=O) groups is 4. The fourth-order valence-electron chi connectivity index (χ4n) is 2.85. The van der Waals surface area contributed by atoms with Crippen LogP contribution in [0.15, 0.2) is 39.2 Å². The molecule has 0 spiro atoms. The highest BCUT2D eigenvalue weighted by Crippen LogP contribution is 2.68. The first-order valence-electron chi connectivity index (χ1n) is 10.1. The van der Waals surface area contributed by atoms with E-state index in [2.05, 4.69) is 0 Å². The van der Waals surface area contributed by atoms with Crippen molar-refractivity contribution >= 4 is 70.9 Å². The van der Waals surface area contributed by atoms with Crippen molar-refractivity contribution in [3.63, 3.8) is 0 Å². The van der Waals surface area contributed by atoms with Gasteiger partial charge in [-0.15, -0.1) is 0 Å². The van der Waals surface area contributed by atoms with Gasteiger partial charge in [-0.25, -0.2) is 9.59 Å². The molecule has 3 rings (SSSR count). The van der Waals surface area contributed by atoms with E-state index in [1.165, 1.54) is 13.8 Å². The van der Waals surface area contributed by atoms with Crippen LogP contribution in [0, 0.1) is 22.7 Å². The van der Waals surface area contributed by atoms with Gasteiger partial charge in [0.25, 0.3) is 0 Å². The lowest BCUT2D eigenvalue weighted by molar-refractivity contribution is -0.146. The Morgan fingerprint density at radius 2 is 1.06 bits per heavy atom. The standard InChI is InChI=1S/C22H16N2O8S4/c1-5-29-19(27)12(20(28)30-6-2)22-35-17-13(31-9(3)25)15-16(14(18(17)36-22)32-10(4)26)34-21(33-15)11(7-23)8-24/h5-6H2,1-4H3. The lowest BCUT2D eigenvalue weighted by atomic mass is 10.3. The highest BCUT2D eigenvalue weighted by molar-refractivity contribution is 8.26. The number of benzene rings is 1. The maximum absolute atomic E-state index is 12.7. The molecule has 2 aliphatic rings. The van der Waals surface area contributed by atoms with Crippen molar-refractivity contribution in [2.75, 3.05) is 13.2 Å². The molecule has 1 aromatic carbocycles. The van der Waals surface area contributed by atoms with Crippen LogP contribution in [0.4, 0.5) is 0 Å². The second kappa shape index (κ2) is 11.8. The minimum absolute atomic E-state index is 0.0193. The maximum Gasteiger partial charge on any atom is 0.347 e. The molecular weight excluding hydrogens is 549 g/mol. The van der Waals surface area contributed by atoms with Crippen LogP contribution in [-0.2, 0) is 28.7 Å². The van der Waals surface area contributed by atoms with E-state index in [4.69, 9.17) is 18.9 Å². The van der Waals surface area contributed by atoms with Gasteiger partial charge in [0.1, 0.15) is 17.7 Å². The number of hydrogen-bond donors (Lipinski definition) is 0. The van der Waals surface area contributed by atoms with Gasteiger partial charge in [0, 0.05) is 13.8 Å². The van der Waals surface area contributed by atoms with Crippen molar-refractivity contribution in [1.29, 1.82) is 10.5 Å². The van der Waals surface area contributed by atoms with Gasteiger partial charge >= 0.3 is 23.9 Å². The van der Waals surface area contributed by atoms with Crippen molar-refractivity contribution < 1.29 is 38.1 Å². The largest absolute Gasteiger partial charge is 0.462 e. The minimum Gasteiger partial charge on any atom is -0.462 e. The Bertz CT molecular complexity index is 1240. The summed E-state index contributed by atoms with van der Waals surface area (Å²) in [5, 5.41) is 18.6. The number of thioether (sulfide) groups is 4. The van der Waals surface area contributed by atoms with E-state index in [0.29, 0.717) is 23.8 Å². The van der Waals surface area contributed by atoms with Crippen LogP contribution in [0.1, 0.15) is 27.7 Å². The normalized spacial score (nSPS) is 13.1. The Labute approximate surface area is 222 Å². The highest BCUT2D eigenvalue weighted by Gasteiger charge is 2.41. The van der Waals surface area contributed by atoms with Crippen molar-refractivity contribution in [3.05, 3.63) is 19.6 Å². The first-order valence-corrected chi connectivity index (χ1v) is 13.4. The lowest BCUT2D eigenvalue weighted by Crippen LogP contribution is -2.19. The van der Waals surface area contributed by atoms with E-state index in [0.717, 1.165) is 47.0 Å². The predicted octanol–water partition coefficient (Wildman–Crippen LogP) is 4.53. The Morgan fingerprint density at radius 3 is 1.36 bits per heavy atom. The van der Waals surface area contributed by atoms with Crippen molar-refractivity contribution in [1.82, 2.24) is 0 Å². The zero-order valence-electron chi connectivity index (χ0n) is 19.2. The highest BCUT2D eigenvalue weighted by atomic mass is 32.2. The summed E-state index contributed by atoms with van der Waals surface area (Å²) in [5.41, 5.74) is -0.499. The van der Waals surface area contributed by atoms with E-state index in [-0.39, 0.29) is 40.1 Å². The third kappa shape index (κ3) is 5.52. The fourth-order valence-corrected chi connectivity index (χ4v) is 8.17. The van der Waals surface area contributed by atoms with Gasteiger partial charge in [0.2, 0.25) is 0 Å². The predicted molar refractivity (Wildman–Crippen MR) is 131 cm³/mol. The monoisotopic (exact) mass is 564 g/mol. The number of rotatable bonds is 6. The summed E-state index contributed by atoms with van der Waals surface area (Å²) >= 11 is 3.94. The maximum atomic E-state index is 12.7. The summed E-state index contributed by atoms with van der Waals surface area (Å²) < 4.78 is 21.6. The van der Waals surface area contributed by atoms with E-state index in [9.17, 15) is 29.7 Å². The SMILES string of the molecule is CCOC(=O)C(C(=O)OCC)=C1Sc2c(OC(C)=O)c3c(c(OC(C)=O)c2S1)SC(=C(C#N)C#N)S3. The van der Waals surface area contributed by atoms with Crippen molar-refractivity contribution in [3.8, 4) is 23.6 Å². The molecule has 0 unspecified atom stereocenters. The summed E-state index contributed by atoms with van der Waals surface area (Å²) in [7, 11) is 0. The van der Waals surface area contributed by atoms with E-state index in [1.54, 1.807) is 13.8 Å². The summed E-state index contributed by atoms with van der Waals surface area (Å²) in [4.78, 5) is 50.6. The Hall–Kier alpha value is -3.04. The molecule has 0 saturated carbocycles. The van der Waals surface area contributed by atoms with Gasteiger partial charge in [0.05, 0.1) is 41.3 Å². The average molecular weight is 565 g/mol. The molecule has 0 saturated heterocycles. The molecule has 0 N–H and O–H groups in total. The molecule has 36 heavy (non-hydrogen) atoms. The molecule has 14 heteroatoms. The Balaban J connectivity index is 2.30. The van der Waals surface area contributed by atoms with E-state index < -0.39 is 23.9 Å². The molecular formula is C22H16N2O8S4. The van der Waals surface area contributed by atoms with Gasteiger partial charge in [-0.1, -0.05) is 47.0 Å². The molecule has 10 nitrogen and oxygen atoms in total.